The summed E-state index contributed by atoms with van der Waals surface area (Å²) < 4.78 is 10.4. The summed E-state index contributed by atoms with van der Waals surface area (Å²) in [5, 5.41) is 10.00. The van der Waals surface area contributed by atoms with Crippen molar-refractivity contribution >= 4 is 11.6 Å². The van der Waals surface area contributed by atoms with Gasteiger partial charge in [-0.1, -0.05) is 11.6 Å². The molecule has 0 spiro atoms. The number of hydrogen-bond acceptors (Lipinski definition) is 3. The number of ether oxygens (including phenoxy) is 2. The third-order valence-corrected chi connectivity index (χ3v) is 2.62. The van der Waals surface area contributed by atoms with Gasteiger partial charge < -0.3 is 14.6 Å². The van der Waals surface area contributed by atoms with Crippen LogP contribution >= 0.6 is 11.6 Å². The zero-order chi connectivity index (χ0) is 11.6. The van der Waals surface area contributed by atoms with E-state index in [1.54, 1.807) is 20.1 Å². The van der Waals surface area contributed by atoms with Crippen LogP contribution < -0.4 is 9.47 Å². The normalized spacial score (nSPS) is 12.4. The maximum Gasteiger partial charge on any atom is 0.179 e. The first-order chi connectivity index (χ1) is 7.02. The van der Waals surface area contributed by atoms with Crippen molar-refractivity contribution in [2.24, 2.45) is 0 Å². The molecule has 0 aliphatic rings. The second-order valence-corrected chi connectivity index (χ2v) is 3.72. The van der Waals surface area contributed by atoms with Crippen LogP contribution in [0.25, 0.3) is 0 Å². The van der Waals surface area contributed by atoms with Crippen molar-refractivity contribution < 1.29 is 14.6 Å². The minimum atomic E-state index is -0.581. The Kier molecular flexibility index (Phi) is 3.83. The third-order valence-electron chi connectivity index (χ3n) is 2.34. The molecule has 0 saturated heterocycles. The molecule has 4 heteroatoms. The number of methoxy groups -OCH3 is 2. The van der Waals surface area contributed by atoms with Gasteiger partial charge in [0, 0.05) is 5.56 Å². The monoisotopic (exact) mass is 230 g/mol. The van der Waals surface area contributed by atoms with Crippen molar-refractivity contribution in [2.75, 3.05) is 14.2 Å². The molecule has 0 bridgehead atoms. The van der Waals surface area contributed by atoms with Gasteiger partial charge in [0.2, 0.25) is 0 Å². The van der Waals surface area contributed by atoms with Crippen molar-refractivity contribution in [1.82, 2.24) is 0 Å². The van der Waals surface area contributed by atoms with Crippen LogP contribution in [0.1, 0.15) is 24.2 Å². The lowest BCUT2D eigenvalue weighted by Gasteiger charge is -2.17. The summed E-state index contributed by atoms with van der Waals surface area (Å²) in [6, 6.07) is 1.70. The van der Waals surface area contributed by atoms with Crippen molar-refractivity contribution in [3.63, 3.8) is 0 Å². The zero-order valence-corrected chi connectivity index (χ0v) is 10.1. The Bertz CT molecular complexity index is 361. The van der Waals surface area contributed by atoms with Crippen molar-refractivity contribution in [2.45, 2.75) is 20.0 Å². The average Bonchev–Trinajstić information content (AvgIpc) is 2.19. The maximum atomic E-state index is 9.56. The molecule has 0 amide bonds. The molecule has 1 rings (SSSR count). The third kappa shape index (κ3) is 2.19. The largest absolute Gasteiger partial charge is 0.493 e. The van der Waals surface area contributed by atoms with E-state index in [1.165, 1.54) is 7.11 Å². The Balaban J connectivity index is 3.44. The fraction of sp³-hybridized carbons (Fsp3) is 0.455. The number of halogens is 1. The quantitative estimate of drug-likeness (QED) is 0.868. The number of benzene rings is 1. The molecule has 0 aromatic heterocycles. The van der Waals surface area contributed by atoms with Crippen LogP contribution in [0.3, 0.4) is 0 Å². The highest BCUT2D eigenvalue weighted by molar-refractivity contribution is 6.32. The first-order valence-electron chi connectivity index (χ1n) is 4.62. The lowest BCUT2D eigenvalue weighted by Crippen LogP contribution is -2.01. The van der Waals surface area contributed by atoms with Gasteiger partial charge in [0.25, 0.3) is 0 Å². The minimum Gasteiger partial charge on any atom is -0.493 e. The van der Waals surface area contributed by atoms with Crippen molar-refractivity contribution in [3.8, 4) is 11.5 Å². The number of hydrogen-bond donors (Lipinski definition) is 1. The van der Waals surface area contributed by atoms with E-state index in [4.69, 9.17) is 21.1 Å². The Morgan fingerprint density at radius 3 is 2.20 bits per heavy atom. The standard InChI is InChI=1S/C11H15ClO3/c1-6-8(7(2)13)5-9(12)11(15-4)10(6)14-3/h5,7,13H,1-4H3. The highest BCUT2D eigenvalue weighted by atomic mass is 35.5. The lowest BCUT2D eigenvalue weighted by molar-refractivity contribution is 0.197. The summed E-state index contributed by atoms with van der Waals surface area (Å²) in [6.07, 6.45) is -0.581. The Labute approximate surface area is 94.6 Å². The molecule has 0 aliphatic heterocycles. The molecule has 15 heavy (non-hydrogen) atoms. The fourth-order valence-corrected chi connectivity index (χ4v) is 1.87. The fourth-order valence-electron chi connectivity index (χ4n) is 1.59. The van der Waals surface area contributed by atoms with Crippen LogP contribution in [-0.2, 0) is 0 Å². The highest BCUT2D eigenvalue weighted by Gasteiger charge is 2.17. The predicted octanol–water partition coefficient (Wildman–Crippen LogP) is 2.72. The van der Waals surface area contributed by atoms with E-state index in [0.29, 0.717) is 16.5 Å². The van der Waals surface area contributed by atoms with Crippen LogP contribution in [0.4, 0.5) is 0 Å². The average molecular weight is 231 g/mol. The van der Waals surface area contributed by atoms with Crippen LogP contribution in [0.5, 0.6) is 11.5 Å². The molecular weight excluding hydrogens is 216 g/mol. The smallest absolute Gasteiger partial charge is 0.179 e. The molecule has 84 valence electrons. The predicted molar refractivity (Wildman–Crippen MR) is 59.9 cm³/mol. The summed E-state index contributed by atoms with van der Waals surface area (Å²) >= 11 is 6.01. The molecule has 1 aromatic carbocycles. The van der Waals surface area contributed by atoms with Crippen LogP contribution in [0, 0.1) is 6.92 Å². The number of aliphatic hydroxyl groups is 1. The zero-order valence-electron chi connectivity index (χ0n) is 9.30. The SMILES string of the molecule is COc1c(Cl)cc(C(C)O)c(C)c1OC. The van der Waals surface area contributed by atoms with Gasteiger partial charge in [0.05, 0.1) is 25.3 Å². The lowest BCUT2D eigenvalue weighted by atomic mass is 10.0. The van der Waals surface area contributed by atoms with Crippen molar-refractivity contribution in [1.29, 1.82) is 0 Å². The van der Waals surface area contributed by atoms with E-state index in [2.05, 4.69) is 0 Å². The Morgan fingerprint density at radius 2 is 1.80 bits per heavy atom. The molecule has 3 nitrogen and oxygen atoms in total. The molecule has 1 atom stereocenters. The van der Waals surface area contributed by atoms with Crippen LogP contribution in [0.2, 0.25) is 5.02 Å². The van der Waals surface area contributed by atoms with E-state index in [0.717, 1.165) is 11.1 Å². The number of aliphatic hydroxyl groups excluding tert-OH is 1. The van der Waals surface area contributed by atoms with Gasteiger partial charge in [-0.15, -0.1) is 0 Å². The van der Waals surface area contributed by atoms with Gasteiger partial charge in [0.1, 0.15) is 0 Å². The molecular formula is C11H15ClO3. The summed E-state index contributed by atoms with van der Waals surface area (Å²) in [7, 11) is 3.08. The number of rotatable bonds is 3. The van der Waals surface area contributed by atoms with E-state index in [-0.39, 0.29) is 0 Å². The first kappa shape index (κ1) is 12.1. The molecule has 0 fully saturated rings. The second kappa shape index (κ2) is 4.73. The van der Waals surface area contributed by atoms with E-state index in [1.807, 2.05) is 6.92 Å². The molecule has 1 unspecified atom stereocenters. The van der Waals surface area contributed by atoms with Gasteiger partial charge >= 0.3 is 0 Å². The van der Waals surface area contributed by atoms with E-state index in [9.17, 15) is 5.11 Å². The Morgan fingerprint density at radius 1 is 1.27 bits per heavy atom. The molecule has 0 heterocycles. The van der Waals surface area contributed by atoms with Gasteiger partial charge in [-0.3, -0.25) is 0 Å². The van der Waals surface area contributed by atoms with Crippen molar-refractivity contribution in [3.05, 3.63) is 22.2 Å². The summed E-state index contributed by atoms with van der Waals surface area (Å²) in [6.45, 7) is 3.55. The topological polar surface area (TPSA) is 38.7 Å². The van der Waals surface area contributed by atoms with Crippen LogP contribution in [0.15, 0.2) is 6.07 Å². The Hall–Kier alpha value is -0.930. The van der Waals surface area contributed by atoms with E-state index >= 15 is 0 Å². The van der Waals surface area contributed by atoms with Gasteiger partial charge in [-0.2, -0.15) is 0 Å². The van der Waals surface area contributed by atoms with Gasteiger partial charge in [-0.05, 0) is 25.5 Å². The van der Waals surface area contributed by atoms with Gasteiger partial charge in [-0.25, -0.2) is 0 Å². The minimum absolute atomic E-state index is 0.441. The molecule has 0 radical (unpaired) electrons. The van der Waals surface area contributed by atoms with E-state index < -0.39 is 6.10 Å². The summed E-state index contributed by atoms with van der Waals surface area (Å²) in [5.74, 6) is 1.07. The first-order valence-corrected chi connectivity index (χ1v) is 4.99. The van der Waals surface area contributed by atoms with Crippen LogP contribution in [-0.4, -0.2) is 19.3 Å². The molecule has 1 aromatic rings. The second-order valence-electron chi connectivity index (χ2n) is 3.32. The maximum absolute atomic E-state index is 9.56. The molecule has 1 N–H and O–H groups in total. The molecule has 0 aliphatic carbocycles. The highest BCUT2D eigenvalue weighted by Crippen LogP contribution is 2.41. The molecule has 0 saturated carbocycles. The summed E-state index contributed by atoms with van der Waals surface area (Å²) in [4.78, 5) is 0. The van der Waals surface area contributed by atoms with Gasteiger partial charge in [0.15, 0.2) is 11.5 Å². The summed E-state index contributed by atoms with van der Waals surface area (Å²) in [5.41, 5.74) is 1.59.